The number of rotatable bonds is 5. The second kappa shape index (κ2) is 7.60. The van der Waals surface area contributed by atoms with Crippen LogP contribution < -0.4 is 10.3 Å². The summed E-state index contributed by atoms with van der Waals surface area (Å²) in [5.41, 5.74) is 2.99. The van der Waals surface area contributed by atoms with Gasteiger partial charge >= 0.3 is 5.97 Å². The molecule has 1 N–H and O–H groups in total. The van der Waals surface area contributed by atoms with Crippen LogP contribution >= 0.6 is 0 Å². The molecule has 0 amide bonds. The summed E-state index contributed by atoms with van der Waals surface area (Å²) in [4.78, 5) is 26.4. The van der Waals surface area contributed by atoms with Crippen molar-refractivity contribution in [3.05, 3.63) is 62.6 Å². The van der Waals surface area contributed by atoms with E-state index in [-0.39, 0.29) is 18.0 Å². The first-order valence-electron chi connectivity index (χ1n) is 7.88. The fourth-order valence-electron chi connectivity index (χ4n) is 2.62. The molecular weight excluding hydrogens is 304 g/mol. The lowest BCUT2D eigenvalue weighted by molar-refractivity contribution is -0.134. The number of ether oxygens (including phenoxy) is 1. The Labute approximate surface area is 140 Å². The van der Waals surface area contributed by atoms with E-state index in [2.05, 4.69) is 11.9 Å². The molecule has 0 atom stereocenters. The molecule has 0 fully saturated rings. The Morgan fingerprint density at radius 1 is 1.25 bits per heavy atom. The lowest BCUT2D eigenvalue weighted by Gasteiger charge is -2.10. The zero-order valence-electron chi connectivity index (χ0n) is 14.1. The molecule has 1 aromatic heterocycles. The quantitative estimate of drug-likeness (QED) is 0.677. The summed E-state index contributed by atoms with van der Waals surface area (Å²) in [5.74, 6) is 0.174. The minimum Gasteiger partial charge on any atom is -0.427 e. The van der Waals surface area contributed by atoms with Gasteiger partial charge in [0.1, 0.15) is 17.4 Å². The van der Waals surface area contributed by atoms with Crippen molar-refractivity contribution in [2.75, 3.05) is 0 Å². The lowest BCUT2D eigenvalue weighted by atomic mass is 9.99. The third-order valence-corrected chi connectivity index (χ3v) is 4.06. The van der Waals surface area contributed by atoms with Crippen molar-refractivity contribution in [1.82, 2.24) is 4.98 Å². The molecule has 2 rings (SSSR count). The van der Waals surface area contributed by atoms with Gasteiger partial charge in [-0.05, 0) is 55.5 Å². The van der Waals surface area contributed by atoms with Gasteiger partial charge in [-0.2, -0.15) is 5.26 Å². The molecule has 124 valence electrons. The number of aryl methyl sites for hydroxylation is 2. The predicted molar refractivity (Wildman–Crippen MR) is 91.0 cm³/mol. The van der Waals surface area contributed by atoms with Crippen LogP contribution in [0.1, 0.15) is 41.3 Å². The Balaban J connectivity index is 2.06. The molecule has 1 aromatic carbocycles. The number of nitriles is 1. The number of nitrogens with zero attached hydrogens (tertiary/aromatic N) is 1. The molecule has 0 spiro atoms. The van der Waals surface area contributed by atoms with E-state index in [0.717, 1.165) is 12.0 Å². The van der Waals surface area contributed by atoms with Crippen molar-refractivity contribution in [2.45, 2.75) is 40.0 Å². The minimum absolute atomic E-state index is 0.0964. The minimum atomic E-state index is -0.394. The molecular formula is C19H20N2O3. The Morgan fingerprint density at radius 2 is 1.92 bits per heavy atom. The molecule has 0 aliphatic rings. The molecule has 0 saturated carbocycles. The molecule has 0 aliphatic carbocycles. The van der Waals surface area contributed by atoms with E-state index >= 15 is 0 Å². The summed E-state index contributed by atoms with van der Waals surface area (Å²) < 4.78 is 5.32. The van der Waals surface area contributed by atoms with Crippen molar-refractivity contribution in [3.8, 4) is 11.8 Å². The third-order valence-electron chi connectivity index (χ3n) is 4.06. The highest BCUT2D eigenvalue weighted by molar-refractivity contribution is 5.72. The van der Waals surface area contributed by atoms with Gasteiger partial charge in [0, 0.05) is 5.69 Å². The van der Waals surface area contributed by atoms with Gasteiger partial charge < -0.3 is 9.72 Å². The van der Waals surface area contributed by atoms with E-state index in [1.54, 1.807) is 26.0 Å². The Hall–Kier alpha value is -2.87. The number of H-pyrrole nitrogens is 1. The van der Waals surface area contributed by atoms with E-state index < -0.39 is 5.56 Å². The average Bonchev–Trinajstić information content (AvgIpc) is 2.55. The zero-order valence-corrected chi connectivity index (χ0v) is 14.1. The van der Waals surface area contributed by atoms with Crippen LogP contribution in [0, 0.1) is 25.2 Å². The number of carbonyl (C=O) groups is 1. The Bertz CT molecular complexity index is 843. The van der Waals surface area contributed by atoms with Crippen LogP contribution in [0.2, 0.25) is 0 Å². The number of esters is 1. The normalized spacial score (nSPS) is 10.2. The van der Waals surface area contributed by atoms with Crippen LogP contribution in [0.3, 0.4) is 0 Å². The van der Waals surface area contributed by atoms with Crippen molar-refractivity contribution in [3.63, 3.8) is 0 Å². The van der Waals surface area contributed by atoms with Crippen LogP contribution in [0.5, 0.6) is 5.75 Å². The highest BCUT2D eigenvalue weighted by Gasteiger charge is 2.14. The first kappa shape index (κ1) is 17.5. The highest BCUT2D eigenvalue weighted by atomic mass is 16.5. The molecule has 0 bridgehead atoms. The van der Waals surface area contributed by atoms with Gasteiger partial charge in [-0.15, -0.1) is 0 Å². The van der Waals surface area contributed by atoms with Crippen LogP contribution in [0.25, 0.3) is 0 Å². The van der Waals surface area contributed by atoms with E-state index in [9.17, 15) is 9.59 Å². The van der Waals surface area contributed by atoms with Crippen LogP contribution in [-0.4, -0.2) is 11.0 Å². The molecule has 5 nitrogen and oxygen atoms in total. The summed E-state index contributed by atoms with van der Waals surface area (Å²) in [7, 11) is 0. The van der Waals surface area contributed by atoms with Gasteiger partial charge in [-0.1, -0.05) is 19.1 Å². The monoisotopic (exact) mass is 324 g/mol. The van der Waals surface area contributed by atoms with Gasteiger partial charge in [0.05, 0.1) is 6.42 Å². The standard InChI is InChI=1S/C19H20N2O3/c1-4-14-5-7-15(8-6-14)24-18(22)10-9-16-12(2)17(11-20)19(23)21-13(16)3/h5-8H,4,9-10H2,1-3H3,(H,21,23). The van der Waals surface area contributed by atoms with E-state index in [4.69, 9.17) is 10.00 Å². The smallest absolute Gasteiger partial charge is 0.311 e. The summed E-state index contributed by atoms with van der Waals surface area (Å²) in [5, 5.41) is 9.07. The topological polar surface area (TPSA) is 83.0 Å². The third kappa shape index (κ3) is 3.90. The average molecular weight is 324 g/mol. The molecule has 0 aliphatic heterocycles. The molecule has 0 radical (unpaired) electrons. The first-order chi connectivity index (χ1) is 11.5. The first-order valence-corrected chi connectivity index (χ1v) is 7.88. The molecule has 2 aromatic rings. The number of carbonyl (C=O) groups excluding carboxylic acids is 1. The molecule has 0 unspecified atom stereocenters. The Kier molecular flexibility index (Phi) is 5.54. The number of aromatic amines is 1. The van der Waals surface area contributed by atoms with E-state index in [0.29, 0.717) is 23.4 Å². The maximum atomic E-state index is 12.0. The van der Waals surface area contributed by atoms with Crippen LogP contribution in [0.15, 0.2) is 29.1 Å². The van der Waals surface area contributed by atoms with Gasteiger partial charge in [-0.25, -0.2) is 0 Å². The van der Waals surface area contributed by atoms with Crippen molar-refractivity contribution in [2.24, 2.45) is 0 Å². The SMILES string of the molecule is CCc1ccc(OC(=O)CCc2c(C)[nH]c(=O)c(C#N)c2C)cc1. The van der Waals surface area contributed by atoms with Gasteiger partial charge in [0.2, 0.25) is 0 Å². The summed E-state index contributed by atoms with van der Waals surface area (Å²) >= 11 is 0. The van der Waals surface area contributed by atoms with Crippen molar-refractivity contribution < 1.29 is 9.53 Å². The molecule has 1 heterocycles. The van der Waals surface area contributed by atoms with Crippen molar-refractivity contribution >= 4 is 5.97 Å². The van der Waals surface area contributed by atoms with E-state index in [1.807, 2.05) is 18.2 Å². The van der Waals surface area contributed by atoms with Gasteiger partial charge in [0.15, 0.2) is 0 Å². The molecule has 0 saturated heterocycles. The van der Waals surface area contributed by atoms with Crippen LogP contribution in [0.4, 0.5) is 0 Å². The number of benzene rings is 1. The van der Waals surface area contributed by atoms with E-state index in [1.165, 1.54) is 5.56 Å². The highest BCUT2D eigenvalue weighted by Crippen LogP contribution is 2.17. The maximum absolute atomic E-state index is 12.0. The van der Waals surface area contributed by atoms with Gasteiger partial charge in [0.25, 0.3) is 5.56 Å². The number of pyridine rings is 1. The summed E-state index contributed by atoms with van der Waals surface area (Å²) in [6.07, 6.45) is 1.52. The number of aromatic nitrogens is 1. The van der Waals surface area contributed by atoms with Crippen LogP contribution in [-0.2, 0) is 17.6 Å². The fourth-order valence-corrected chi connectivity index (χ4v) is 2.62. The summed E-state index contributed by atoms with van der Waals surface area (Å²) in [6, 6.07) is 9.32. The maximum Gasteiger partial charge on any atom is 0.311 e. The zero-order chi connectivity index (χ0) is 17.7. The number of hydrogen-bond donors (Lipinski definition) is 1. The second-order valence-corrected chi connectivity index (χ2v) is 5.64. The lowest BCUT2D eigenvalue weighted by Crippen LogP contribution is -2.18. The number of hydrogen-bond acceptors (Lipinski definition) is 4. The second-order valence-electron chi connectivity index (χ2n) is 5.64. The van der Waals surface area contributed by atoms with Gasteiger partial charge in [-0.3, -0.25) is 9.59 Å². The molecule has 5 heteroatoms. The fraction of sp³-hybridized carbons (Fsp3) is 0.316. The predicted octanol–water partition coefficient (Wildman–Crippen LogP) is 2.96. The van der Waals surface area contributed by atoms with Crippen molar-refractivity contribution in [1.29, 1.82) is 5.26 Å². The Morgan fingerprint density at radius 3 is 2.50 bits per heavy atom. The summed E-state index contributed by atoms with van der Waals surface area (Å²) in [6.45, 7) is 5.55. The largest absolute Gasteiger partial charge is 0.427 e. The number of nitrogens with one attached hydrogen (secondary N) is 1. The molecule has 24 heavy (non-hydrogen) atoms.